The van der Waals surface area contributed by atoms with E-state index < -0.39 is 0 Å². The molecule has 1 aromatic rings. The zero-order valence-electron chi connectivity index (χ0n) is 15.1. The van der Waals surface area contributed by atoms with Crippen molar-refractivity contribution < 1.29 is 9.53 Å². The van der Waals surface area contributed by atoms with E-state index in [4.69, 9.17) is 4.74 Å². The highest BCUT2D eigenvalue weighted by atomic mass is 16.5. The SMILES string of the molecule is O=C(C1=Cc2ccccc2OC=C1)N1C[C@@H]2CC[C@H](C1)N(CC1CC1)C2. The van der Waals surface area contributed by atoms with Gasteiger partial charge in [-0.3, -0.25) is 9.69 Å². The fraction of sp³-hybridized carbons (Fsp3) is 0.500. The lowest BCUT2D eigenvalue weighted by Gasteiger charge is -2.36. The summed E-state index contributed by atoms with van der Waals surface area (Å²) >= 11 is 0. The highest BCUT2D eigenvalue weighted by molar-refractivity contribution is 6.01. The van der Waals surface area contributed by atoms with Crippen LogP contribution >= 0.6 is 0 Å². The minimum Gasteiger partial charge on any atom is -0.464 e. The summed E-state index contributed by atoms with van der Waals surface area (Å²) in [5.41, 5.74) is 1.69. The molecular formula is C22H26N2O2. The van der Waals surface area contributed by atoms with Crippen LogP contribution in [0.2, 0.25) is 0 Å². The molecule has 0 unspecified atom stereocenters. The molecule has 4 aliphatic heterocycles. The number of benzene rings is 1. The molecule has 0 aromatic heterocycles. The number of rotatable bonds is 3. The summed E-state index contributed by atoms with van der Waals surface area (Å²) in [5.74, 6) is 2.49. The van der Waals surface area contributed by atoms with Gasteiger partial charge in [0.2, 0.25) is 0 Å². The minimum atomic E-state index is 0.145. The first-order valence-corrected chi connectivity index (χ1v) is 9.93. The molecule has 0 N–H and O–H groups in total. The van der Waals surface area contributed by atoms with Gasteiger partial charge in [0.25, 0.3) is 5.91 Å². The number of hydrogen-bond acceptors (Lipinski definition) is 3. The first kappa shape index (κ1) is 16.1. The average molecular weight is 350 g/mol. The van der Waals surface area contributed by atoms with Gasteiger partial charge >= 0.3 is 0 Å². The highest BCUT2D eigenvalue weighted by Gasteiger charge is 2.38. The lowest BCUT2D eigenvalue weighted by atomic mass is 9.95. The Morgan fingerprint density at radius 1 is 1.08 bits per heavy atom. The molecule has 0 spiro atoms. The number of hydrogen-bond donors (Lipinski definition) is 0. The van der Waals surface area contributed by atoms with E-state index in [1.807, 2.05) is 36.4 Å². The molecule has 4 nitrogen and oxygen atoms in total. The van der Waals surface area contributed by atoms with Crippen molar-refractivity contribution >= 4 is 12.0 Å². The average Bonchev–Trinajstić information content (AvgIpc) is 3.49. The predicted octanol–water partition coefficient (Wildman–Crippen LogP) is 3.31. The number of ether oxygens (including phenoxy) is 1. The number of para-hydroxylation sites is 1. The normalized spacial score (nSPS) is 28.0. The maximum atomic E-state index is 13.3. The standard InChI is InChI=1S/C22H26N2O2/c25-22(19-9-10-26-21-4-2-1-3-18(21)11-19)24-14-17-7-8-20(15-24)23(13-17)12-16-5-6-16/h1-4,9-11,16-17,20H,5-8,12-15H2/t17-,20-/m1/s1. The van der Waals surface area contributed by atoms with Gasteiger partial charge in [-0.15, -0.1) is 0 Å². The quantitative estimate of drug-likeness (QED) is 0.838. The lowest BCUT2D eigenvalue weighted by molar-refractivity contribution is -0.127. The predicted molar refractivity (Wildman–Crippen MR) is 102 cm³/mol. The molecule has 4 fully saturated rings. The Morgan fingerprint density at radius 3 is 2.85 bits per heavy atom. The first-order valence-electron chi connectivity index (χ1n) is 9.93. The lowest BCUT2D eigenvalue weighted by Crippen LogP contribution is -2.45. The van der Waals surface area contributed by atoms with Gasteiger partial charge in [0, 0.05) is 43.4 Å². The van der Waals surface area contributed by atoms with Crippen molar-refractivity contribution in [3.63, 3.8) is 0 Å². The largest absolute Gasteiger partial charge is 0.464 e. The van der Waals surface area contributed by atoms with Gasteiger partial charge in [-0.25, -0.2) is 0 Å². The molecular weight excluding hydrogens is 324 g/mol. The third-order valence-electron chi connectivity index (χ3n) is 6.22. The fourth-order valence-electron chi connectivity index (χ4n) is 4.62. The van der Waals surface area contributed by atoms with Gasteiger partial charge in [0.1, 0.15) is 5.75 Å². The topological polar surface area (TPSA) is 32.8 Å². The molecule has 0 radical (unpaired) electrons. The first-order chi connectivity index (χ1) is 12.8. The van der Waals surface area contributed by atoms with Gasteiger partial charge in [-0.2, -0.15) is 0 Å². The summed E-state index contributed by atoms with van der Waals surface area (Å²) < 4.78 is 5.65. The molecule has 1 aliphatic carbocycles. The Bertz CT molecular complexity index is 765. The summed E-state index contributed by atoms with van der Waals surface area (Å²) in [5, 5.41) is 0. The van der Waals surface area contributed by atoms with Crippen molar-refractivity contribution in [2.75, 3.05) is 26.2 Å². The zero-order valence-corrected chi connectivity index (χ0v) is 15.1. The number of fused-ring (bicyclic) bond motifs is 5. The van der Waals surface area contributed by atoms with E-state index >= 15 is 0 Å². The van der Waals surface area contributed by atoms with E-state index in [2.05, 4.69) is 9.80 Å². The van der Waals surface area contributed by atoms with E-state index in [0.717, 1.165) is 35.9 Å². The molecule has 3 saturated heterocycles. The van der Waals surface area contributed by atoms with E-state index in [1.165, 1.54) is 38.8 Å². The molecule has 6 rings (SSSR count). The maximum absolute atomic E-state index is 13.3. The minimum absolute atomic E-state index is 0.145. The van der Waals surface area contributed by atoms with Crippen LogP contribution in [0.25, 0.3) is 6.08 Å². The third-order valence-corrected chi connectivity index (χ3v) is 6.22. The monoisotopic (exact) mass is 350 g/mol. The number of nitrogens with zero attached hydrogens (tertiary/aromatic N) is 2. The summed E-state index contributed by atoms with van der Waals surface area (Å²) in [6.45, 7) is 4.18. The Labute approximate surface area is 155 Å². The number of amides is 1. The molecule has 4 heteroatoms. The van der Waals surface area contributed by atoms with Crippen molar-refractivity contribution in [1.29, 1.82) is 0 Å². The molecule has 2 bridgehead atoms. The van der Waals surface area contributed by atoms with Gasteiger partial charge in [-0.05, 0) is 55.7 Å². The number of piperidine rings is 1. The van der Waals surface area contributed by atoms with Crippen molar-refractivity contribution in [2.45, 2.75) is 31.7 Å². The molecule has 4 heterocycles. The number of carbonyl (C=O) groups is 1. The van der Waals surface area contributed by atoms with Gasteiger partial charge in [-0.1, -0.05) is 18.2 Å². The third kappa shape index (κ3) is 3.18. The van der Waals surface area contributed by atoms with E-state index in [0.29, 0.717) is 12.0 Å². The second-order valence-corrected chi connectivity index (χ2v) is 8.26. The van der Waals surface area contributed by atoms with Crippen LogP contribution in [0.4, 0.5) is 0 Å². The van der Waals surface area contributed by atoms with Crippen molar-refractivity contribution in [2.24, 2.45) is 11.8 Å². The maximum Gasteiger partial charge on any atom is 0.254 e. The van der Waals surface area contributed by atoms with Crippen molar-refractivity contribution in [3.05, 3.63) is 47.7 Å². The zero-order chi connectivity index (χ0) is 17.5. The van der Waals surface area contributed by atoms with Crippen LogP contribution in [-0.4, -0.2) is 47.9 Å². The van der Waals surface area contributed by atoms with Gasteiger partial charge in [0.15, 0.2) is 0 Å². The van der Waals surface area contributed by atoms with Crippen molar-refractivity contribution in [1.82, 2.24) is 9.80 Å². The Balaban J connectivity index is 1.36. The number of carbonyl (C=O) groups excluding carboxylic acids is 1. The van der Waals surface area contributed by atoms with Crippen LogP contribution in [0.1, 0.15) is 31.2 Å². The summed E-state index contributed by atoms with van der Waals surface area (Å²) in [6, 6.07) is 8.41. The molecule has 1 aromatic carbocycles. The van der Waals surface area contributed by atoms with Crippen LogP contribution < -0.4 is 4.74 Å². The molecule has 26 heavy (non-hydrogen) atoms. The molecule has 136 valence electrons. The van der Waals surface area contributed by atoms with Crippen molar-refractivity contribution in [3.8, 4) is 5.75 Å². The van der Waals surface area contributed by atoms with E-state index in [-0.39, 0.29) is 5.91 Å². The van der Waals surface area contributed by atoms with Gasteiger partial charge in [0.05, 0.1) is 6.26 Å². The summed E-state index contributed by atoms with van der Waals surface area (Å²) in [6.07, 6.45) is 10.7. The molecule has 5 aliphatic rings. The van der Waals surface area contributed by atoms with Crippen LogP contribution in [-0.2, 0) is 4.79 Å². The van der Waals surface area contributed by atoms with E-state index in [9.17, 15) is 4.79 Å². The Morgan fingerprint density at radius 2 is 1.96 bits per heavy atom. The molecule has 1 saturated carbocycles. The van der Waals surface area contributed by atoms with Crippen LogP contribution in [0.15, 0.2) is 42.2 Å². The second-order valence-electron chi connectivity index (χ2n) is 8.26. The second kappa shape index (κ2) is 6.58. The molecule has 2 atom stereocenters. The smallest absolute Gasteiger partial charge is 0.254 e. The summed E-state index contributed by atoms with van der Waals surface area (Å²) in [7, 11) is 0. The fourth-order valence-corrected chi connectivity index (χ4v) is 4.62. The Kier molecular flexibility index (Phi) is 4.08. The summed E-state index contributed by atoms with van der Waals surface area (Å²) in [4.78, 5) is 18.0. The van der Waals surface area contributed by atoms with Crippen LogP contribution in [0.5, 0.6) is 5.75 Å². The van der Waals surface area contributed by atoms with E-state index in [1.54, 1.807) is 6.26 Å². The molecule has 1 amide bonds. The van der Waals surface area contributed by atoms with Crippen LogP contribution in [0, 0.1) is 11.8 Å². The van der Waals surface area contributed by atoms with Crippen LogP contribution in [0.3, 0.4) is 0 Å². The Hall–Kier alpha value is -2.07. The highest BCUT2D eigenvalue weighted by Crippen LogP contribution is 2.35. The van der Waals surface area contributed by atoms with Gasteiger partial charge < -0.3 is 9.64 Å².